The van der Waals surface area contributed by atoms with E-state index < -0.39 is 0 Å². The predicted octanol–water partition coefficient (Wildman–Crippen LogP) is 2.82. The summed E-state index contributed by atoms with van der Waals surface area (Å²) in [5.41, 5.74) is 1.94. The molecular weight excluding hydrogens is 224 g/mol. The minimum Gasteiger partial charge on any atom is -0.458 e. The van der Waals surface area contributed by atoms with Gasteiger partial charge in [0.2, 0.25) is 0 Å². The van der Waals surface area contributed by atoms with Crippen molar-refractivity contribution >= 4 is 28.1 Å². The molecule has 2 rings (SSSR count). The zero-order valence-corrected chi connectivity index (χ0v) is 9.95. The minimum absolute atomic E-state index is 0.280. The molecule has 0 amide bonds. The Labute approximate surface area is 97.6 Å². The van der Waals surface area contributed by atoms with Gasteiger partial charge < -0.3 is 9.30 Å². The first-order valence-electron chi connectivity index (χ1n) is 4.96. The van der Waals surface area contributed by atoms with Crippen LogP contribution in [0.5, 0.6) is 0 Å². The molecule has 0 aliphatic heterocycles. The lowest BCUT2D eigenvalue weighted by Crippen LogP contribution is -1.95. The van der Waals surface area contributed by atoms with E-state index in [0.29, 0.717) is 6.61 Å². The Morgan fingerprint density at radius 3 is 3.12 bits per heavy atom. The summed E-state index contributed by atoms with van der Waals surface area (Å²) in [6.07, 6.45) is 1.75. The first-order valence-corrected chi connectivity index (χ1v) is 5.78. The Balaban J connectivity index is 2.23. The van der Waals surface area contributed by atoms with Crippen molar-refractivity contribution in [1.29, 1.82) is 0 Å². The van der Waals surface area contributed by atoms with E-state index in [2.05, 4.69) is 4.98 Å². The van der Waals surface area contributed by atoms with Gasteiger partial charge in [0, 0.05) is 11.9 Å². The van der Waals surface area contributed by atoms with E-state index in [1.807, 2.05) is 29.8 Å². The molecule has 1 aromatic carbocycles. The summed E-state index contributed by atoms with van der Waals surface area (Å²) in [6.45, 7) is 2.19. The SMILES string of the molecule is CCOC(=O)Sc1ccc2c(c1)ncn2C. The minimum atomic E-state index is -0.280. The average Bonchev–Trinajstić information content (AvgIpc) is 2.60. The van der Waals surface area contributed by atoms with Gasteiger partial charge in [0.25, 0.3) is 0 Å². The molecule has 1 heterocycles. The molecule has 1 aromatic heterocycles. The number of nitrogens with zero attached hydrogens (tertiary/aromatic N) is 2. The molecule has 0 saturated heterocycles. The molecule has 16 heavy (non-hydrogen) atoms. The zero-order chi connectivity index (χ0) is 11.5. The van der Waals surface area contributed by atoms with Crippen LogP contribution in [0, 0.1) is 0 Å². The van der Waals surface area contributed by atoms with E-state index >= 15 is 0 Å². The summed E-state index contributed by atoms with van der Waals surface area (Å²) in [5.74, 6) is 0. The van der Waals surface area contributed by atoms with Crippen molar-refractivity contribution < 1.29 is 9.53 Å². The number of carbonyl (C=O) groups excluding carboxylic acids is 1. The second-order valence-electron chi connectivity index (χ2n) is 3.29. The zero-order valence-electron chi connectivity index (χ0n) is 9.14. The highest BCUT2D eigenvalue weighted by atomic mass is 32.2. The molecule has 2 aromatic rings. The number of thioether (sulfide) groups is 1. The van der Waals surface area contributed by atoms with E-state index in [1.165, 1.54) is 0 Å². The lowest BCUT2D eigenvalue weighted by atomic mass is 10.3. The molecule has 0 atom stereocenters. The maximum absolute atomic E-state index is 11.3. The molecule has 0 spiro atoms. The maximum Gasteiger partial charge on any atom is 0.372 e. The van der Waals surface area contributed by atoms with E-state index in [1.54, 1.807) is 13.3 Å². The molecule has 0 aliphatic rings. The highest BCUT2D eigenvalue weighted by molar-refractivity contribution is 8.13. The number of aryl methyl sites for hydroxylation is 1. The fourth-order valence-electron chi connectivity index (χ4n) is 1.42. The van der Waals surface area contributed by atoms with Gasteiger partial charge in [-0.2, -0.15) is 0 Å². The van der Waals surface area contributed by atoms with E-state index in [4.69, 9.17) is 4.74 Å². The van der Waals surface area contributed by atoms with Gasteiger partial charge in [0.1, 0.15) is 0 Å². The van der Waals surface area contributed by atoms with Gasteiger partial charge >= 0.3 is 5.30 Å². The van der Waals surface area contributed by atoms with Crippen LogP contribution in [-0.4, -0.2) is 21.5 Å². The lowest BCUT2D eigenvalue weighted by molar-refractivity contribution is 0.181. The first-order chi connectivity index (χ1) is 7.70. The van der Waals surface area contributed by atoms with Crippen LogP contribution in [0.15, 0.2) is 29.4 Å². The third-order valence-electron chi connectivity index (χ3n) is 2.16. The number of carbonyl (C=O) groups is 1. The topological polar surface area (TPSA) is 44.1 Å². The molecule has 5 heteroatoms. The van der Waals surface area contributed by atoms with Gasteiger partial charge in [-0.3, -0.25) is 0 Å². The van der Waals surface area contributed by atoms with Crippen molar-refractivity contribution in [2.24, 2.45) is 7.05 Å². The van der Waals surface area contributed by atoms with Crippen LogP contribution in [0.2, 0.25) is 0 Å². The molecule has 0 N–H and O–H groups in total. The largest absolute Gasteiger partial charge is 0.458 e. The van der Waals surface area contributed by atoms with E-state index in [-0.39, 0.29) is 5.30 Å². The number of hydrogen-bond donors (Lipinski definition) is 0. The number of imidazole rings is 1. The molecule has 0 fully saturated rings. The molecule has 0 bridgehead atoms. The fraction of sp³-hybridized carbons (Fsp3) is 0.273. The standard InChI is InChI=1S/C11H12N2O2S/c1-3-15-11(14)16-8-4-5-10-9(6-8)12-7-13(10)2/h4-7H,3H2,1-2H3. The predicted molar refractivity (Wildman–Crippen MR) is 63.6 cm³/mol. The van der Waals surface area contributed by atoms with Gasteiger partial charge in [0.05, 0.1) is 24.0 Å². The second-order valence-corrected chi connectivity index (χ2v) is 4.30. The van der Waals surface area contributed by atoms with Crippen molar-refractivity contribution in [3.05, 3.63) is 24.5 Å². The summed E-state index contributed by atoms with van der Waals surface area (Å²) in [7, 11) is 1.94. The second kappa shape index (κ2) is 4.57. The third-order valence-corrected chi connectivity index (χ3v) is 2.93. The van der Waals surface area contributed by atoms with Crippen molar-refractivity contribution in [3.63, 3.8) is 0 Å². The Morgan fingerprint density at radius 2 is 2.38 bits per heavy atom. The smallest absolute Gasteiger partial charge is 0.372 e. The van der Waals surface area contributed by atoms with Gasteiger partial charge in [-0.05, 0) is 36.9 Å². The number of benzene rings is 1. The number of fused-ring (bicyclic) bond motifs is 1. The summed E-state index contributed by atoms with van der Waals surface area (Å²) < 4.78 is 6.80. The number of hydrogen-bond acceptors (Lipinski definition) is 4. The molecule has 4 nitrogen and oxygen atoms in total. The van der Waals surface area contributed by atoms with Crippen molar-refractivity contribution in [2.75, 3.05) is 6.61 Å². The van der Waals surface area contributed by atoms with Crippen LogP contribution in [0.25, 0.3) is 11.0 Å². The van der Waals surface area contributed by atoms with Crippen LogP contribution in [0.1, 0.15) is 6.92 Å². The highest BCUT2D eigenvalue weighted by Gasteiger charge is 2.07. The summed E-state index contributed by atoms with van der Waals surface area (Å²) in [6, 6.07) is 5.73. The summed E-state index contributed by atoms with van der Waals surface area (Å²) in [5, 5.41) is -0.280. The summed E-state index contributed by atoms with van der Waals surface area (Å²) in [4.78, 5) is 16.4. The van der Waals surface area contributed by atoms with Gasteiger partial charge in [0.15, 0.2) is 0 Å². The lowest BCUT2D eigenvalue weighted by Gasteiger charge is -2.01. The van der Waals surface area contributed by atoms with Crippen LogP contribution >= 0.6 is 11.8 Å². The molecule has 0 saturated carbocycles. The van der Waals surface area contributed by atoms with E-state index in [0.717, 1.165) is 27.7 Å². The Kier molecular flexibility index (Phi) is 3.14. The van der Waals surface area contributed by atoms with Gasteiger partial charge in [-0.15, -0.1) is 0 Å². The van der Waals surface area contributed by atoms with Crippen LogP contribution in [0.4, 0.5) is 4.79 Å². The quantitative estimate of drug-likeness (QED) is 0.594. The molecule has 0 unspecified atom stereocenters. The van der Waals surface area contributed by atoms with Crippen molar-refractivity contribution in [2.45, 2.75) is 11.8 Å². The molecule has 0 radical (unpaired) electrons. The van der Waals surface area contributed by atoms with Crippen LogP contribution in [-0.2, 0) is 11.8 Å². The van der Waals surface area contributed by atoms with Crippen molar-refractivity contribution in [3.8, 4) is 0 Å². The number of aromatic nitrogens is 2. The summed E-state index contributed by atoms with van der Waals surface area (Å²) >= 11 is 1.08. The Bertz CT molecular complexity index is 522. The van der Waals surface area contributed by atoms with Gasteiger partial charge in [-0.25, -0.2) is 9.78 Å². The molecular formula is C11H12N2O2S. The fourth-order valence-corrected chi connectivity index (χ4v) is 2.10. The number of ether oxygens (including phenoxy) is 1. The molecule has 0 aliphatic carbocycles. The van der Waals surface area contributed by atoms with Gasteiger partial charge in [-0.1, -0.05) is 0 Å². The monoisotopic (exact) mass is 236 g/mol. The van der Waals surface area contributed by atoms with E-state index in [9.17, 15) is 4.79 Å². The average molecular weight is 236 g/mol. The normalized spacial score (nSPS) is 10.6. The first kappa shape index (κ1) is 11.0. The maximum atomic E-state index is 11.3. The van der Waals surface area contributed by atoms with Crippen molar-refractivity contribution in [1.82, 2.24) is 9.55 Å². The van der Waals surface area contributed by atoms with Crippen LogP contribution < -0.4 is 0 Å². The van der Waals surface area contributed by atoms with Crippen LogP contribution in [0.3, 0.4) is 0 Å². The Hall–Kier alpha value is -1.49. The third kappa shape index (κ3) is 2.19. The Morgan fingerprint density at radius 1 is 1.56 bits per heavy atom. The molecule has 84 valence electrons. The highest BCUT2D eigenvalue weighted by Crippen LogP contribution is 2.24. The number of rotatable bonds is 2.